The molecule has 0 radical (unpaired) electrons. The molecule has 78 valence electrons. The highest BCUT2D eigenvalue weighted by atomic mass is 32.1. The summed E-state index contributed by atoms with van der Waals surface area (Å²) in [6, 6.07) is 1.94. The molecule has 0 N–H and O–H groups in total. The van der Waals surface area contributed by atoms with E-state index in [1.807, 2.05) is 11.0 Å². The molecule has 0 bridgehead atoms. The van der Waals surface area contributed by atoms with E-state index < -0.39 is 0 Å². The normalized spacial score (nSPS) is 20.3. The fourth-order valence-corrected chi connectivity index (χ4v) is 2.38. The number of thiazole rings is 1. The zero-order valence-corrected chi connectivity index (χ0v) is 9.25. The first-order valence-electron chi connectivity index (χ1n) is 4.86. The van der Waals surface area contributed by atoms with E-state index in [1.54, 1.807) is 0 Å². The molecule has 2 heterocycles. The lowest BCUT2D eigenvalue weighted by atomic mass is 10.2. The molecule has 5 heteroatoms. The van der Waals surface area contributed by atoms with Crippen LogP contribution >= 0.6 is 11.3 Å². The van der Waals surface area contributed by atoms with Gasteiger partial charge in [0.15, 0.2) is 5.01 Å². The summed E-state index contributed by atoms with van der Waals surface area (Å²) < 4.78 is 0. The largest absolute Gasteiger partial charge is 0.338 e. The Balaban J connectivity index is 2.11. The average molecular weight is 221 g/mol. The van der Waals surface area contributed by atoms with Gasteiger partial charge in [0, 0.05) is 13.1 Å². The molecule has 1 aliphatic rings. The fraction of sp³-hybridized carbons (Fsp3) is 0.500. The molecule has 1 atom stereocenters. The maximum absolute atomic E-state index is 11.9. The summed E-state index contributed by atoms with van der Waals surface area (Å²) >= 11 is 1.17. The maximum atomic E-state index is 11.9. The van der Waals surface area contributed by atoms with Crippen LogP contribution in [0.5, 0.6) is 0 Å². The summed E-state index contributed by atoms with van der Waals surface area (Å²) in [6.45, 7) is 3.78. The van der Waals surface area contributed by atoms with E-state index in [0.717, 1.165) is 19.5 Å². The number of likely N-dealkylation sites (tertiary alicyclic amines) is 1. The lowest BCUT2D eigenvalue weighted by Crippen LogP contribution is -2.27. The van der Waals surface area contributed by atoms with Gasteiger partial charge in [-0.15, -0.1) is 0 Å². The molecular weight excluding hydrogens is 210 g/mol. The topological polar surface area (TPSA) is 57.0 Å². The van der Waals surface area contributed by atoms with Gasteiger partial charge in [-0.2, -0.15) is 5.26 Å². The van der Waals surface area contributed by atoms with Gasteiger partial charge in [0.05, 0.1) is 6.20 Å². The minimum absolute atomic E-state index is 0.0124. The van der Waals surface area contributed by atoms with Crippen LogP contribution in [-0.2, 0) is 0 Å². The van der Waals surface area contributed by atoms with Crippen LogP contribution in [-0.4, -0.2) is 28.9 Å². The van der Waals surface area contributed by atoms with Crippen LogP contribution in [0.15, 0.2) is 6.20 Å². The smallest absolute Gasteiger partial charge is 0.265 e. The summed E-state index contributed by atoms with van der Waals surface area (Å²) in [5.41, 5.74) is 0. The Bertz CT molecular complexity index is 421. The molecule has 1 aromatic heterocycles. The van der Waals surface area contributed by atoms with Crippen molar-refractivity contribution in [2.24, 2.45) is 5.92 Å². The van der Waals surface area contributed by atoms with Gasteiger partial charge in [-0.25, -0.2) is 4.98 Å². The molecule has 1 aromatic rings. The molecule has 0 saturated carbocycles. The van der Waals surface area contributed by atoms with Crippen molar-refractivity contribution >= 4 is 17.2 Å². The number of amides is 1. The van der Waals surface area contributed by atoms with Gasteiger partial charge in [0.25, 0.3) is 5.91 Å². The molecule has 1 amide bonds. The third kappa shape index (κ3) is 2.00. The Kier molecular flexibility index (Phi) is 2.69. The molecule has 1 saturated heterocycles. The van der Waals surface area contributed by atoms with E-state index >= 15 is 0 Å². The highest BCUT2D eigenvalue weighted by Gasteiger charge is 2.25. The number of hydrogen-bond donors (Lipinski definition) is 0. The second-order valence-electron chi connectivity index (χ2n) is 3.79. The summed E-state index contributed by atoms with van der Waals surface area (Å²) in [4.78, 5) is 18.2. The number of carbonyl (C=O) groups is 1. The Morgan fingerprint density at radius 2 is 2.60 bits per heavy atom. The molecule has 0 spiro atoms. The highest BCUT2D eigenvalue weighted by molar-refractivity contribution is 7.14. The Labute approximate surface area is 92.2 Å². The van der Waals surface area contributed by atoms with Crippen LogP contribution in [0.3, 0.4) is 0 Å². The first-order chi connectivity index (χ1) is 7.20. The lowest BCUT2D eigenvalue weighted by Gasteiger charge is -2.13. The Morgan fingerprint density at radius 3 is 3.13 bits per heavy atom. The van der Waals surface area contributed by atoms with Crippen molar-refractivity contribution in [1.82, 2.24) is 9.88 Å². The summed E-state index contributed by atoms with van der Waals surface area (Å²) in [5, 5.41) is 8.97. The lowest BCUT2D eigenvalue weighted by molar-refractivity contribution is 0.0792. The summed E-state index contributed by atoms with van der Waals surface area (Å²) in [7, 11) is 0. The third-order valence-corrected chi connectivity index (χ3v) is 3.41. The van der Waals surface area contributed by atoms with E-state index in [0.29, 0.717) is 15.8 Å². The molecule has 0 aromatic carbocycles. The van der Waals surface area contributed by atoms with Gasteiger partial charge < -0.3 is 4.90 Å². The summed E-state index contributed by atoms with van der Waals surface area (Å²) in [6.07, 6.45) is 2.56. The van der Waals surface area contributed by atoms with Crippen LogP contribution in [0.2, 0.25) is 0 Å². The van der Waals surface area contributed by atoms with Crippen molar-refractivity contribution in [3.05, 3.63) is 16.1 Å². The van der Waals surface area contributed by atoms with E-state index in [1.165, 1.54) is 17.5 Å². The molecule has 1 unspecified atom stereocenters. The molecule has 4 nitrogen and oxygen atoms in total. The van der Waals surface area contributed by atoms with E-state index in [9.17, 15) is 4.79 Å². The van der Waals surface area contributed by atoms with Crippen LogP contribution in [0, 0.1) is 17.2 Å². The molecular formula is C10H11N3OS. The highest BCUT2D eigenvalue weighted by Crippen LogP contribution is 2.20. The monoisotopic (exact) mass is 221 g/mol. The van der Waals surface area contributed by atoms with Crippen LogP contribution in [0.1, 0.15) is 28.0 Å². The van der Waals surface area contributed by atoms with Gasteiger partial charge in [-0.05, 0) is 12.3 Å². The van der Waals surface area contributed by atoms with Crippen molar-refractivity contribution in [2.45, 2.75) is 13.3 Å². The minimum Gasteiger partial charge on any atom is -0.338 e. The number of nitriles is 1. The molecule has 1 aliphatic heterocycles. The van der Waals surface area contributed by atoms with Crippen molar-refractivity contribution in [1.29, 1.82) is 5.26 Å². The average Bonchev–Trinajstić information content (AvgIpc) is 2.84. The second-order valence-corrected chi connectivity index (χ2v) is 4.82. The Morgan fingerprint density at radius 1 is 1.80 bits per heavy atom. The van der Waals surface area contributed by atoms with Crippen LogP contribution < -0.4 is 0 Å². The Hall–Kier alpha value is -1.41. The minimum atomic E-state index is 0.0124. The van der Waals surface area contributed by atoms with Crippen LogP contribution in [0.4, 0.5) is 0 Å². The number of carbonyl (C=O) groups excluding carboxylic acids is 1. The molecule has 2 rings (SSSR count). The first-order valence-corrected chi connectivity index (χ1v) is 5.67. The number of rotatable bonds is 1. The third-order valence-electron chi connectivity index (χ3n) is 2.52. The zero-order chi connectivity index (χ0) is 10.8. The number of aromatic nitrogens is 1. The second kappa shape index (κ2) is 3.99. The van der Waals surface area contributed by atoms with Gasteiger partial charge in [0.2, 0.25) is 0 Å². The standard InChI is InChI=1S/C10H11N3OS/c1-7-2-3-13(6-7)10(14)8-5-12-9(4-11)15-8/h5,7H,2-3,6H2,1H3. The quantitative estimate of drug-likeness (QED) is 0.722. The van der Waals surface area contributed by atoms with Gasteiger partial charge in [-0.1, -0.05) is 18.3 Å². The predicted molar refractivity (Wildman–Crippen MR) is 56.5 cm³/mol. The fourth-order valence-electron chi connectivity index (χ4n) is 1.70. The van der Waals surface area contributed by atoms with Crippen molar-refractivity contribution < 1.29 is 4.79 Å². The van der Waals surface area contributed by atoms with Gasteiger partial charge >= 0.3 is 0 Å². The van der Waals surface area contributed by atoms with E-state index in [4.69, 9.17) is 5.26 Å². The number of hydrogen-bond acceptors (Lipinski definition) is 4. The molecule has 0 aliphatic carbocycles. The number of nitrogens with zero attached hydrogens (tertiary/aromatic N) is 3. The molecule has 1 fully saturated rings. The van der Waals surface area contributed by atoms with Gasteiger partial charge in [-0.3, -0.25) is 4.79 Å². The first kappa shape index (κ1) is 10.1. The van der Waals surface area contributed by atoms with E-state index in [2.05, 4.69) is 11.9 Å². The summed E-state index contributed by atoms with van der Waals surface area (Å²) in [5.74, 6) is 0.593. The van der Waals surface area contributed by atoms with Crippen molar-refractivity contribution in [3.8, 4) is 6.07 Å². The van der Waals surface area contributed by atoms with Gasteiger partial charge in [0.1, 0.15) is 10.9 Å². The zero-order valence-electron chi connectivity index (χ0n) is 8.43. The van der Waals surface area contributed by atoms with E-state index in [-0.39, 0.29) is 5.91 Å². The van der Waals surface area contributed by atoms with Crippen molar-refractivity contribution in [3.63, 3.8) is 0 Å². The maximum Gasteiger partial charge on any atom is 0.265 e. The molecule has 15 heavy (non-hydrogen) atoms. The SMILES string of the molecule is CC1CCN(C(=O)c2cnc(C#N)s2)C1. The van der Waals surface area contributed by atoms with Crippen LogP contribution in [0.25, 0.3) is 0 Å². The van der Waals surface area contributed by atoms with Crippen molar-refractivity contribution in [2.75, 3.05) is 13.1 Å². The predicted octanol–water partition coefficient (Wildman–Crippen LogP) is 1.50.